The quantitative estimate of drug-likeness (QED) is 0.604. The molecule has 2 rings (SSSR count). The standard InChI is InChI=1S/C14H15FN4S/c1-19-13(11-7-3-4-8-12(11)15)17-18-14(19)20-10-6-2-5-9-16/h3-4,7-8H,2,5-6,10H2,1H3. The molecule has 1 heterocycles. The van der Waals surface area contributed by atoms with Crippen molar-refractivity contribution in [1.29, 1.82) is 5.26 Å². The van der Waals surface area contributed by atoms with Crippen LogP contribution in [0.1, 0.15) is 19.3 Å². The second kappa shape index (κ2) is 7.06. The summed E-state index contributed by atoms with van der Waals surface area (Å²) in [7, 11) is 1.83. The van der Waals surface area contributed by atoms with E-state index in [2.05, 4.69) is 16.3 Å². The van der Waals surface area contributed by atoms with Crippen molar-refractivity contribution in [1.82, 2.24) is 14.8 Å². The van der Waals surface area contributed by atoms with Gasteiger partial charge in [0.25, 0.3) is 0 Å². The molecule has 4 nitrogen and oxygen atoms in total. The van der Waals surface area contributed by atoms with Gasteiger partial charge in [0, 0.05) is 19.2 Å². The Labute approximate surface area is 121 Å². The lowest BCUT2D eigenvalue weighted by atomic mass is 10.2. The van der Waals surface area contributed by atoms with E-state index < -0.39 is 0 Å². The molecule has 2 aromatic rings. The molecule has 0 radical (unpaired) electrons. The molecule has 20 heavy (non-hydrogen) atoms. The fourth-order valence-electron chi connectivity index (χ4n) is 1.79. The Hall–Kier alpha value is -1.87. The highest BCUT2D eigenvalue weighted by atomic mass is 32.2. The monoisotopic (exact) mass is 290 g/mol. The zero-order valence-corrected chi connectivity index (χ0v) is 12.0. The number of halogens is 1. The first kappa shape index (κ1) is 14.5. The van der Waals surface area contributed by atoms with Crippen LogP contribution in [0.5, 0.6) is 0 Å². The van der Waals surface area contributed by atoms with E-state index in [9.17, 15) is 4.39 Å². The van der Waals surface area contributed by atoms with Gasteiger partial charge < -0.3 is 4.57 Å². The first-order valence-corrected chi connectivity index (χ1v) is 7.36. The number of thioether (sulfide) groups is 1. The molecule has 0 atom stereocenters. The van der Waals surface area contributed by atoms with Crippen LogP contribution < -0.4 is 0 Å². The third kappa shape index (κ3) is 3.36. The lowest BCUT2D eigenvalue weighted by molar-refractivity contribution is 0.628. The van der Waals surface area contributed by atoms with E-state index in [4.69, 9.17) is 5.26 Å². The number of unbranched alkanes of at least 4 members (excludes halogenated alkanes) is 2. The van der Waals surface area contributed by atoms with Crippen LogP contribution in [0.25, 0.3) is 11.4 Å². The molecule has 0 unspecified atom stereocenters. The average Bonchev–Trinajstić information content (AvgIpc) is 2.81. The Balaban J connectivity index is 2.04. The van der Waals surface area contributed by atoms with Gasteiger partial charge in [-0.25, -0.2) is 4.39 Å². The Bertz CT molecular complexity index is 618. The van der Waals surface area contributed by atoms with Crippen LogP contribution in [0, 0.1) is 17.1 Å². The summed E-state index contributed by atoms with van der Waals surface area (Å²) in [5, 5.41) is 17.4. The lowest BCUT2D eigenvalue weighted by Crippen LogP contribution is -1.97. The minimum absolute atomic E-state index is 0.298. The summed E-state index contributed by atoms with van der Waals surface area (Å²) in [5.74, 6) is 1.11. The molecule has 104 valence electrons. The van der Waals surface area contributed by atoms with Crippen LogP contribution in [0.3, 0.4) is 0 Å². The normalized spacial score (nSPS) is 10.4. The Morgan fingerprint density at radius 3 is 2.85 bits per heavy atom. The SMILES string of the molecule is Cn1c(SCCCCC#N)nnc1-c1ccccc1F. The smallest absolute Gasteiger partial charge is 0.191 e. The summed E-state index contributed by atoms with van der Waals surface area (Å²) >= 11 is 1.58. The minimum Gasteiger partial charge on any atom is -0.305 e. The predicted octanol–water partition coefficient (Wildman–Crippen LogP) is 3.41. The van der Waals surface area contributed by atoms with Gasteiger partial charge >= 0.3 is 0 Å². The van der Waals surface area contributed by atoms with Gasteiger partial charge in [-0.3, -0.25) is 0 Å². The number of nitrogens with zero attached hydrogens (tertiary/aromatic N) is 4. The summed E-state index contributed by atoms with van der Waals surface area (Å²) in [6, 6.07) is 8.67. The van der Waals surface area contributed by atoms with Crippen LogP contribution in [-0.4, -0.2) is 20.5 Å². The zero-order chi connectivity index (χ0) is 14.4. The van der Waals surface area contributed by atoms with Crippen molar-refractivity contribution >= 4 is 11.8 Å². The third-order valence-corrected chi connectivity index (χ3v) is 3.97. The van der Waals surface area contributed by atoms with E-state index in [-0.39, 0.29) is 5.82 Å². The van der Waals surface area contributed by atoms with Gasteiger partial charge in [-0.15, -0.1) is 10.2 Å². The van der Waals surface area contributed by atoms with Gasteiger partial charge in [0.2, 0.25) is 0 Å². The summed E-state index contributed by atoms with van der Waals surface area (Å²) < 4.78 is 15.5. The molecule has 0 saturated heterocycles. The van der Waals surface area contributed by atoms with Crippen molar-refractivity contribution in [3.05, 3.63) is 30.1 Å². The number of nitriles is 1. The summed E-state index contributed by atoms with van der Waals surface area (Å²) in [6.07, 6.45) is 2.43. The molecule has 0 fully saturated rings. The van der Waals surface area contributed by atoms with E-state index in [0.29, 0.717) is 17.8 Å². The molecule has 0 aliphatic rings. The summed E-state index contributed by atoms with van der Waals surface area (Å²) in [5.41, 5.74) is 0.457. The maximum absolute atomic E-state index is 13.7. The predicted molar refractivity (Wildman–Crippen MR) is 76.6 cm³/mol. The first-order chi connectivity index (χ1) is 9.74. The average molecular weight is 290 g/mol. The fraction of sp³-hybridized carbons (Fsp3) is 0.357. The number of rotatable bonds is 6. The highest BCUT2D eigenvalue weighted by molar-refractivity contribution is 7.99. The van der Waals surface area contributed by atoms with Gasteiger partial charge in [-0.2, -0.15) is 5.26 Å². The molecule has 0 N–H and O–H groups in total. The van der Waals surface area contributed by atoms with E-state index in [1.54, 1.807) is 34.5 Å². The molecule has 0 aliphatic heterocycles. The van der Waals surface area contributed by atoms with Crippen molar-refractivity contribution in [2.75, 3.05) is 5.75 Å². The molecular weight excluding hydrogens is 275 g/mol. The fourth-order valence-corrected chi connectivity index (χ4v) is 2.70. The number of benzene rings is 1. The largest absolute Gasteiger partial charge is 0.305 e. The summed E-state index contributed by atoms with van der Waals surface area (Å²) in [6.45, 7) is 0. The van der Waals surface area contributed by atoms with Crippen molar-refractivity contribution in [2.24, 2.45) is 7.05 Å². The number of aromatic nitrogens is 3. The van der Waals surface area contributed by atoms with Gasteiger partial charge in [-0.05, 0) is 25.0 Å². The minimum atomic E-state index is -0.298. The highest BCUT2D eigenvalue weighted by Gasteiger charge is 2.13. The number of hydrogen-bond acceptors (Lipinski definition) is 4. The molecule has 0 aliphatic carbocycles. The Kier molecular flexibility index (Phi) is 5.13. The van der Waals surface area contributed by atoms with Crippen molar-refractivity contribution in [3.63, 3.8) is 0 Å². The van der Waals surface area contributed by atoms with Crippen LogP contribution in [0.4, 0.5) is 4.39 Å². The molecule has 0 saturated carbocycles. The van der Waals surface area contributed by atoms with Crippen molar-refractivity contribution in [2.45, 2.75) is 24.4 Å². The zero-order valence-electron chi connectivity index (χ0n) is 11.2. The highest BCUT2D eigenvalue weighted by Crippen LogP contribution is 2.25. The van der Waals surface area contributed by atoms with Crippen molar-refractivity contribution < 1.29 is 4.39 Å². The van der Waals surface area contributed by atoms with Crippen molar-refractivity contribution in [3.8, 4) is 17.5 Å². The van der Waals surface area contributed by atoms with Gasteiger partial charge in [0.15, 0.2) is 11.0 Å². The number of hydrogen-bond donors (Lipinski definition) is 0. The van der Waals surface area contributed by atoms with Crippen LogP contribution in [0.2, 0.25) is 0 Å². The van der Waals surface area contributed by atoms with Crippen LogP contribution in [-0.2, 0) is 7.05 Å². The summed E-state index contributed by atoms with van der Waals surface area (Å²) in [4.78, 5) is 0. The van der Waals surface area contributed by atoms with Gasteiger partial charge in [0.1, 0.15) is 5.82 Å². The van der Waals surface area contributed by atoms with Gasteiger partial charge in [0.05, 0.1) is 11.6 Å². The van der Waals surface area contributed by atoms with E-state index in [1.807, 2.05) is 7.05 Å². The molecule has 0 bridgehead atoms. The molecule has 0 spiro atoms. The van der Waals surface area contributed by atoms with Gasteiger partial charge in [-0.1, -0.05) is 23.9 Å². The Morgan fingerprint density at radius 1 is 1.30 bits per heavy atom. The molecule has 1 aromatic heterocycles. The van der Waals surface area contributed by atoms with Crippen LogP contribution in [0.15, 0.2) is 29.4 Å². The molecule has 6 heteroatoms. The second-order valence-electron chi connectivity index (χ2n) is 4.31. The maximum Gasteiger partial charge on any atom is 0.191 e. The maximum atomic E-state index is 13.7. The van der Waals surface area contributed by atoms with E-state index in [1.165, 1.54) is 6.07 Å². The topological polar surface area (TPSA) is 54.5 Å². The van der Waals surface area contributed by atoms with E-state index in [0.717, 1.165) is 23.8 Å². The second-order valence-corrected chi connectivity index (χ2v) is 5.37. The lowest BCUT2D eigenvalue weighted by Gasteiger charge is -2.04. The third-order valence-electron chi connectivity index (χ3n) is 2.86. The molecule has 1 aromatic carbocycles. The van der Waals surface area contributed by atoms with Crippen LogP contribution >= 0.6 is 11.8 Å². The molecule has 0 amide bonds. The first-order valence-electron chi connectivity index (χ1n) is 6.38. The van der Waals surface area contributed by atoms with E-state index >= 15 is 0 Å². The Morgan fingerprint density at radius 2 is 2.10 bits per heavy atom. The molecular formula is C14H15FN4S.